The lowest BCUT2D eigenvalue weighted by Crippen LogP contribution is -2.03. The third-order valence-electron chi connectivity index (χ3n) is 4.11. The highest BCUT2D eigenvalue weighted by atomic mass is 35.5. The Morgan fingerprint density at radius 1 is 1.19 bits per heavy atom. The highest BCUT2D eigenvalue weighted by Gasteiger charge is 2.18. The van der Waals surface area contributed by atoms with E-state index < -0.39 is 0 Å². The summed E-state index contributed by atoms with van der Waals surface area (Å²) < 4.78 is 8.83. The van der Waals surface area contributed by atoms with Crippen LogP contribution in [0.25, 0.3) is 16.6 Å². The van der Waals surface area contributed by atoms with Crippen molar-refractivity contribution >= 4 is 39.9 Å². The lowest BCUT2D eigenvalue weighted by atomic mass is 10.2. The number of furan rings is 1. The van der Waals surface area contributed by atoms with E-state index in [2.05, 4.69) is 20.6 Å². The van der Waals surface area contributed by atoms with Crippen molar-refractivity contribution in [3.05, 3.63) is 59.1 Å². The van der Waals surface area contributed by atoms with Gasteiger partial charge in [0.1, 0.15) is 22.4 Å². The van der Waals surface area contributed by atoms with Gasteiger partial charge in [-0.25, -0.2) is 14.2 Å². The van der Waals surface area contributed by atoms with Gasteiger partial charge in [0, 0.05) is 5.39 Å². The Balaban J connectivity index is 1.63. The predicted molar refractivity (Wildman–Crippen MR) is 100.0 cm³/mol. The summed E-state index contributed by atoms with van der Waals surface area (Å²) in [5.74, 6) is 0.770. The standard InChI is InChI=1S/C17H12ClN7OS/c1-10-14(18)15-19-16(12-6-2-3-7-13(12)25(15)21-10)27-17-20-22-23-24(17)9-11-5-4-8-26-11/h2-8H,9H2,1H3. The van der Waals surface area contributed by atoms with Crippen LogP contribution in [0.1, 0.15) is 11.5 Å². The molecule has 0 aliphatic heterocycles. The number of aromatic nitrogens is 7. The van der Waals surface area contributed by atoms with Crippen LogP contribution in [0.3, 0.4) is 0 Å². The van der Waals surface area contributed by atoms with Crippen LogP contribution in [0, 0.1) is 6.92 Å². The highest BCUT2D eigenvalue weighted by molar-refractivity contribution is 7.99. The topological polar surface area (TPSA) is 86.9 Å². The summed E-state index contributed by atoms with van der Waals surface area (Å²) in [6.07, 6.45) is 1.62. The van der Waals surface area contributed by atoms with E-state index in [0.29, 0.717) is 22.4 Å². The van der Waals surface area contributed by atoms with Crippen LogP contribution in [-0.2, 0) is 6.54 Å². The van der Waals surface area contributed by atoms with Crippen LogP contribution in [0.2, 0.25) is 5.02 Å². The van der Waals surface area contributed by atoms with Crippen molar-refractivity contribution in [3.8, 4) is 0 Å². The molecule has 0 fully saturated rings. The molecule has 0 saturated heterocycles. The van der Waals surface area contributed by atoms with Crippen molar-refractivity contribution in [2.75, 3.05) is 0 Å². The van der Waals surface area contributed by atoms with Gasteiger partial charge in [-0.2, -0.15) is 5.10 Å². The Morgan fingerprint density at radius 3 is 2.93 bits per heavy atom. The van der Waals surface area contributed by atoms with E-state index in [1.54, 1.807) is 15.5 Å². The molecule has 0 saturated carbocycles. The van der Waals surface area contributed by atoms with Gasteiger partial charge in [-0.15, -0.1) is 5.10 Å². The fraction of sp³-hybridized carbons (Fsp3) is 0.118. The van der Waals surface area contributed by atoms with Gasteiger partial charge in [-0.3, -0.25) is 0 Å². The molecule has 0 radical (unpaired) electrons. The van der Waals surface area contributed by atoms with Gasteiger partial charge in [-0.05, 0) is 47.3 Å². The van der Waals surface area contributed by atoms with E-state index >= 15 is 0 Å². The molecular weight excluding hydrogens is 386 g/mol. The molecule has 27 heavy (non-hydrogen) atoms. The number of aryl methyl sites for hydroxylation is 1. The zero-order chi connectivity index (χ0) is 18.4. The summed E-state index contributed by atoms with van der Waals surface area (Å²) in [6, 6.07) is 11.6. The maximum Gasteiger partial charge on any atom is 0.216 e. The molecule has 10 heteroatoms. The normalized spacial score (nSPS) is 11.6. The van der Waals surface area contributed by atoms with Crippen molar-refractivity contribution < 1.29 is 4.42 Å². The molecule has 134 valence electrons. The maximum atomic E-state index is 6.41. The number of rotatable bonds is 4. The first kappa shape index (κ1) is 16.3. The van der Waals surface area contributed by atoms with Crippen molar-refractivity contribution in [1.82, 2.24) is 34.8 Å². The number of para-hydroxylation sites is 1. The Bertz CT molecular complexity index is 1260. The summed E-state index contributed by atoms with van der Waals surface area (Å²) in [5.41, 5.74) is 2.27. The molecule has 1 aromatic carbocycles. The number of hydrogen-bond acceptors (Lipinski definition) is 7. The SMILES string of the molecule is Cc1nn2c(nc(Sc3nnnn3Cc3ccco3)c3ccccc32)c1Cl. The zero-order valence-corrected chi connectivity index (χ0v) is 15.6. The van der Waals surface area contributed by atoms with E-state index in [1.165, 1.54) is 11.8 Å². The summed E-state index contributed by atoms with van der Waals surface area (Å²) in [4.78, 5) is 4.74. The fourth-order valence-corrected chi connectivity index (χ4v) is 3.87. The van der Waals surface area contributed by atoms with Gasteiger partial charge >= 0.3 is 0 Å². The van der Waals surface area contributed by atoms with Gasteiger partial charge in [-0.1, -0.05) is 29.8 Å². The Labute approximate surface area is 162 Å². The van der Waals surface area contributed by atoms with E-state index in [1.807, 2.05) is 43.3 Å². The summed E-state index contributed by atoms with van der Waals surface area (Å²) in [6.45, 7) is 2.30. The maximum absolute atomic E-state index is 6.41. The number of tetrazole rings is 1. The van der Waals surface area contributed by atoms with Crippen molar-refractivity contribution in [1.29, 1.82) is 0 Å². The molecule has 0 unspecified atom stereocenters. The van der Waals surface area contributed by atoms with E-state index in [4.69, 9.17) is 21.0 Å². The first-order valence-corrected chi connectivity index (χ1v) is 9.30. The van der Waals surface area contributed by atoms with Crippen LogP contribution in [0.4, 0.5) is 0 Å². The van der Waals surface area contributed by atoms with Gasteiger partial charge in [0.15, 0.2) is 5.65 Å². The Kier molecular flexibility index (Phi) is 3.83. The number of benzene rings is 1. The monoisotopic (exact) mass is 397 g/mol. The molecule has 4 aromatic heterocycles. The second-order valence-corrected chi connectivity index (χ2v) is 7.20. The van der Waals surface area contributed by atoms with Crippen LogP contribution in [-0.4, -0.2) is 34.8 Å². The van der Waals surface area contributed by atoms with Crippen LogP contribution < -0.4 is 0 Å². The molecule has 0 N–H and O–H groups in total. The minimum absolute atomic E-state index is 0.440. The van der Waals surface area contributed by atoms with Gasteiger partial charge in [0.05, 0.1) is 17.5 Å². The van der Waals surface area contributed by atoms with Crippen LogP contribution >= 0.6 is 23.4 Å². The second-order valence-electron chi connectivity index (χ2n) is 5.87. The van der Waals surface area contributed by atoms with Crippen molar-refractivity contribution in [2.45, 2.75) is 23.7 Å². The van der Waals surface area contributed by atoms with Gasteiger partial charge in [0.25, 0.3) is 0 Å². The highest BCUT2D eigenvalue weighted by Crippen LogP contribution is 2.33. The number of nitrogens with zero attached hydrogens (tertiary/aromatic N) is 7. The minimum atomic E-state index is 0.440. The molecule has 0 amide bonds. The second kappa shape index (κ2) is 6.36. The Hall–Kier alpha value is -2.91. The third-order valence-corrected chi connectivity index (χ3v) is 5.53. The van der Waals surface area contributed by atoms with Gasteiger partial charge < -0.3 is 4.42 Å². The zero-order valence-electron chi connectivity index (χ0n) is 14.1. The number of halogens is 1. The quantitative estimate of drug-likeness (QED) is 0.428. The number of fused-ring (bicyclic) bond motifs is 3. The first-order valence-electron chi connectivity index (χ1n) is 8.10. The van der Waals surface area contributed by atoms with Crippen molar-refractivity contribution in [2.24, 2.45) is 0 Å². The smallest absolute Gasteiger partial charge is 0.216 e. The minimum Gasteiger partial charge on any atom is -0.467 e. The average Bonchev–Trinajstić information content (AvgIpc) is 3.40. The molecular formula is C17H12ClN7OS. The molecule has 0 aliphatic carbocycles. The molecule has 4 heterocycles. The molecule has 5 rings (SSSR count). The van der Waals surface area contributed by atoms with Gasteiger partial charge in [0.2, 0.25) is 5.16 Å². The predicted octanol–water partition coefficient (Wildman–Crippen LogP) is 3.62. The van der Waals surface area contributed by atoms with E-state index in [-0.39, 0.29) is 0 Å². The molecule has 0 spiro atoms. The Morgan fingerprint density at radius 2 is 2.07 bits per heavy atom. The molecule has 0 bridgehead atoms. The summed E-state index contributed by atoms with van der Waals surface area (Å²) in [5, 5.41) is 19.3. The lowest BCUT2D eigenvalue weighted by molar-refractivity contribution is 0.462. The number of hydrogen-bond donors (Lipinski definition) is 0. The molecule has 5 aromatic rings. The first-order chi connectivity index (χ1) is 13.2. The largest absolute Gasteiger partial charge is 0.467 e. The summed E-state index contributed by atoms with van der Waals surface area (Å²) >= 11 is 7.79. The van der Waals surface area contributed by atoms with Crippen molar-refractivity contribution in [3.63, 3.8) is 0 Å². The van der Waals surface area contributed by atoms with E-state index in [0.717, 1.165) is 27.4 Å². The van der Waals surface area contributed by atoms with Crippen LogP contribution in [0.5, 0.6) is 0 Å². The lowest BCUT2D eigenvalue weighted by Gasteiger charge is -2.07. The summed E-state index contributed by atoms with van der Waals surface area (Å²) in [7, 11) is 0. The average molecular weight is 398 g/mol. The third kappa shape index (κ3) is 2.75. The fourth-order valence-electron chi connectivity index (χ4n) is 2.84. The van der Waals surface area contributed by atoms with Crippen LogP contribution in [0.15, 0.2) is 57.3 Å². The molecule has 8 nitrogen and oxygen atoms in total. The molecule has 0 aliphatic rings. The molecule has 0 atom stereocenters. The van der Waals surface area contributed by atoms with E-state index in [9.17, 15) is 0 Å².